The van der Waals surface area contributed by atoms with Crippen molar-refractivity contribution in [2.75, 3.05) is 46.1 Å². The molecule has 3 N–H and O–H groups in total. The van der Waals surface area contributed by atoms with Crippen LogP contribution in [0.25, 0.3) is 0 Å². The number of carbonyl (C=O) groups excluding carboxylic acids is 2. The summed E-state index contributed by atoms with van der Waals surface area (Å²) in [5.74, 6) is 0.965. The minimum Gasteiger partial charge on any atom is -0.494 e. The van der Waals surface area contributed by atoms with Gasteiger partial charge in [-0.3, -0.25) is 4.79 Å². The molecule has 9 heteroatoms. The zero-order valence-electron chi connectivity index (χ0n) is 22.2. The molecule has 0 unspecified atom stereocenters. The van der Waals surface area contributed by atoms with Crippen LogP contribution in [-0.4, -0.2) is 63.6 Å². The summed E-state index contributed by atoms with van der Waals surface area (Å²) in [6, 6.07) is 3.81. The lowest BCUT2D eigenvalue weighted by molar-refractivity contribution is -0.121. The van der Waals surface area contributed by atoms with Crippen LogP contribution >= 0.6 is 0 Å². The predicted molar refractivity (Wildman–Crippen MR) is 137 cm³/mol. The molecule has 198 valence electrons. The van der Waals surface area contributed by atoms with E-state index in [1.807, 2.05) is 26.0 Å². The number of hydrogen-bond donors (Lipinski definition) is 3. The number of allylic oxidation sites excluding steroid dienone is 1. The summed E-state index contributed by atoms with van der Waals surface area (Å²) in [5, 5.41) is 8.70. The predicted octanol–water partition coefficient (Wildman–Crippen LogP) is 3.37. The van der Waals surface area contributed by atoms with Crippen molar-refractivity contribution in [1.29, 1.82) is 0 Å². The standard InChI is InChI=1S/C26H43N3O6/c1-19(2)34-18-22-16-20(3)24(21(4)17-22)35-25(31)28-9-8-23(30)27-10-12-32-14-15-33-13-11-29-26(5,6)7/h16-17,29H,1,8-15,18H2,2-7H3,(H,27,30)(H,28,31). The van der Waals surface area contributed by atoms with Crippen LogP contribution < -0.4 is 20.7 Å². The Hall–Kier alpha value is -2.62. The summed E-state index contributed by atoms with van der Waals surface area (Å²) in [7, 11) is 0. The molecule has 35 heavy (non-hydrogen) atoms. The molecular formula is C26H43N3O6. The molecule has 0 saturated heterocycles. The average molecular weight is 494 g/mol. The first kappa shape index (κ1) is 30.4. The van der Waals surface area contributed by atoms with E-state index in [1.54, 1.807) is 6.92 Å². The lowest BCUT2D eigenvalue weighted by Gasteiger charge is -2.20. The number of hydrogen-bond acceptors (Lipinski definition) is 7. The van der Waals surface area contributed by atoms with E-state index in [2.05, 4.69) is 43.3 Å². The molecule has 1 aromatic carbocycles. The monoisotopic (exact) mass is 493 g/mol. The topological polar surface area (TPSA) is 107 Å². The Kier molecular flexibility index (Phi) is 14.0. The van der Waals surface area contributed by atoms with Crippen LogP contribution in [0.1, 0.15) is 50.8 Å². The lowest BCUT2D eigenvalue weighted by Crippen LogP contribution is -2.38. The highest BCUT2D eigenvalue weighted by Crippen LogP contribution is 2.25. The molecule has 0 aliphatic heterocycles. The van der Waals surface area contributed by atoms with E-state index < -0.39 is 6.09 Å². The third kappa shape index (κ3) is 15.1. The fourth-order valence-corrected chi connectivity index (χ4v) is 3.07. The summed E-state index contributed by atoms with van der Waals surface area (Å²) in [6.45, 7) is 19.3. The first-order valence-electron chi connectivity index (χ1n) is 12.0. The van der Waals surface area contributed by atoms with Crippen LogP contribution in [0.3, 0.4) is 0 Å². The zero-order chi connectivity index (χ0) is 26.3. The Morgan fingerprint density at radius 2 is 1.51 bits per heavy atom. The molecule has 0 aliphatic rings. The van der Waals surface area contributed by atoms with Crippen LogP contribution in [0, 0.1) is 13.8 Å². The zero-order valence-corrected chi connectivity index (χ0v) is 22.2. The van der Waals surface area contributed by atoms with Gasteiger partial charge in [0.1, 0.15) is 12.4 Å². The molecule has 0 aromatic heterocycles. The van der Waals surface area contributed by atoms with Gasteiger partial charge in [0.15, 0.2) is 0 Å². The average Bonchev–Trinajstić information content (AvgIpc) is 2.75. The molecule has 0 bridgehead atoms. The maximum Gasteiger partial charge on any atom is 0.412 e. The van der Waals surface area contributed by atoms with E-state index in [4.69, 9.17) is 18.9 Å². The fraction of sp³-hybridized carbons (Fsp3) is 0.615. The molecule has 0 atom stereocenters. The number of nitrogens with one attached hydrogen (secondary N) is 3. The number of ether oxygens (including phenoxy) is 4. The number of rotatable bonds is 16. The molecule has 0 spiro atoms. The molecular weight excluding hydrogens is 450 g/mol. The molecule has 1 aromatic rings. The van der Waals surface area contributed by atoms with Gasteiger partial charge in [0.25, 0.3) is 0 Å². The van der Waals surface area contributed by atoms with Gasteiger partial charge in [-0.15, -0.1) is 0 Å². The van der Waals surface area contributed by atoms with Crippen LogP contribution in [0.2, 0.25) is 0 Å². The normalized spacial score (nSPS) is 11.1. The highest BCUT2D eigenvalue weighted by molar-refractivity contribution is 5.77. The van der Waals surface area contributed by atoms with Crippen molar-refractivity contribution in [2.24, 2.45) is 0 Å². The van der Waals surface area contributed by atoms with Gasteiger partial charge in [-0.05, 0) is 70.4 Å². The van der Waals surface area contributed by atoms with Gasteiger partial charge in [0, 0.05) is 31.6 Å². The third-order valence-electron chi connectivity index (χ3n) is 4.66. The second-order valence-electron chi connectivity index (χ2n) is 9.37. The second kappa shape index (κ2) is 16.1. The van der Waals surface area contributed by atoms with Gasteiger partial charge >= 0.3 is 6.09 Å². The van der Waals surface area contributed by atoms with Crippen LogP contribution in [-0.2, 0) is 25.6 Å². The van der Waals surface area contributed by atoms with Gasteiger partial charge in [-0.25, -0.2) is 4.79 Å². The first-order chi connectivity index (χ1) is 16.5. The molecule has 2 amide bonds. The second-order valence-corrected chi connectivity index (χ2v) is 9.37. The Labute approximate surface area is 209 Å². The van der Waals surface area contributed by atoms with Crippen molar-refractivity contribution in [3.8, 4) is 5.75 Å². The van der Waals surface area contributed by atoms with Gasteiger partial charge in [0.05, 0.1) is 32.2 Å². The Morgan fingerprint density at radius 3 is 2.09 bits per heavy atom. The Morgan fingerprint density at radius 1 is 0.914 bits per heavy atom. The van der Waals surface area contributed by atoms with Crippen molar-refractivity contribution in [3.05, 3.63) is 41.2 Å². The van der Waals surface area contributed by atoms with Crippen molar-refractivity contribution in [1.82, 2.24) is 16.0 Å². The van der Waals surface area contributed by atoms with E-state index >= 15 is 0 Å². The Balaban J connectivity index is 2.14. The van der Waals surface area contributed by atoms with E-state index in [-0.39, 0.29) is 24.4 Å². The summed E-state index contributed by atoms with van der Waals surface area (Å²) >= 11 is 0. The smallest absolute Gasteiger partial charge is 0.412 e. The third-order valence-corrected chi connectivity index (χ3v) is 4.66. The number of carbonyl (C=O) groups is 2. The molecule has 0 aliphatic carbocycles. The summed E-state index contributed by atoms with van der Waals surface area (Å²) in [5.41, 5.74) is 2.70. The number of amides is 2. The summed E-state index contributed by atoms with van der Waals surface area (Å²) in [6.07, 6.45) is -0.454. The number of aryl methyl sites for hydroxylation is 2. The number of benzene rings is 1. The highest BCUT2D eigenvalue weighted by Gasteiger charge is 2.12. The van der Waals surface area contributed by atoms with Crippen molar-refractivity contribution in [3.63, 3.8) is 0 Å². The Bertz CT molecular complexity index is 797. The minimum atomic E-state index is -0.601. The van der Waals surface area contributed by atoms with Crippen LogP contribution in [0.5, 0.6) is 5.75 Å². The van der Waals surface area contributed by atoms with Gasteiger partial charge in [-0.2, -0.15) is 0 Å². The van der Waals surface area contributed by atoms with Gasteiger partial charge in [-0.1, -0.05) is 6.58 Å². The van der Waals surface area contributed by atoms with Gasteiger partial charge in [0.2, 0.25) is 5.91 Å². The fourth-order valence-electron chi connectivity index (χ4n) is 3.07. The van der Waals surface area contributed by atoms with E-state index in [0.717, 1.165) is 23.2 Å². The molecule has 0 saturated carbocycles. The summed E-state index contributed by atoms with van der Waals surface area (Å²) < 4.78 is 21.8. The van der Waals surface area contributed by atoms with E-state index in [9.17, 15) is 9.59 Å². The largest absolute Gasteiger partial charge is 0.494 e. The molecule has 0 heterocycles. The molecule has 0 fully saturated rings. The maximum absolute atomic E-state index is 12.1. The van der Waals surface area contributed by atoms with E-state index in [1.165, 1.54) is 0 Å². The maximum atomic E-state index is 12.1. The quantitative estimate of drug-likeness (QED) is 0.239. The SMILES string of the molecule is C=C(C)OCc1cc(C)c(OC(=O)NCCC(=O)NCCOCCOCCNC(C)(C)C)c(C)c1. The van der Waals surface area contributed by atoms with Crippen molar-refractivity contribution >= 4 is 12.0 Å². The van der Waals surface area contributed by atoms with Crippen molar-refractivity contribution < 1.29 is 28.5 Å². The van der Waals surface area contributed by atoms with Crippen molar-refractivity contribution in [2.45, 2.75) is 60.1 Å². The minimum absolute atomic E-state index is 0.0824. The van der Waals surface area contributed by atoms with Crippen LogP contribution in [0.4, 0.5) is 4.79 Å². The summed E-state index contributed by atoms with van der Waals surface area (Å²) in [4.78, 5) is 24.1. The van der Waals surface area contributed by atoms with Crippen LogP contribution in [0.15, 0.2) is 24.5 Å². The van der Waals surface area contributed by atoms with Gasteiger partial charge < -0.3 is 34.9 Å². The molecule has 0 radical (unpaired) electrons. The molecule has 9 nitrogen and oxygen atoms in total. The molecule has 1 rings (SSSR count). The highest BCUT2D eigenvalue weighted by atomic mass is 16.6. The van der Waals surface area contributed by atoms with E-state index in [0.29, 0.717) is 51.1 Å². The lowest BCUT2D eigenvalue weighted by atomic mass is 10.1. The first-order valence-corrected chi connectivity index (χ1v) is 12.0.